The van der Waals surface area contributed by atoms with E-state index in [-0.39, 0.29) is 0 Å². The van der Waals surface area contributed by atoms with Crippen molar-refractivity contribution in [2.24, 2.45) is 5.92 Å². The molecular formula is C13H26N2. The van der Waals surface area contributed by atoms with Gasteiger partial charge >= 0.3 is 0 Å². The van der Waals surface area contributed by atoms with Gasteiger partial charge in [0, 0.05) is 19.1 Å². The molecule has 2 rings (SSSR count). The number of rotatable bonds is 3. The zero-order valence-corrected chi connectivity index (χ0v) is 10.2. The molecule has 0 bridgehead atoms. The Kier molecular flexibility index (Phi) is 4.45. The fourth-order valence-corrected chi connectivity index (χ4v) is 3.15. The summed E-state index contributed by atoms with van der Waals surface area (Å²) in [6.07, 6.45) is 10.2. The lowest BCUT2D eigenvalue weighted by molar-refractivity contribution is 0.256. The molecule has 1 aliphatic carbocycles. The molecule has 0 amide bonds. The van der Waals surface area contributed by atoms with Gasteiger partial charge in [0.25, 0.3) is 0 Å². The Morgan fingerprint density at radius 1 is 1.07 bits per heavy atom. The van der Waals surface area contributed by atoms with E-state index in [0.717, 1.165) is 12.0 Å². The topological polar surface area (TPSA) is 15.3 Å². The maximum Gasteiger partial charge on any atom is 0.0204 e. The molecule has 0 aromatic carbocycles. The Balaban J connectivity index is 1.71. The summed E-state index contributed by atoms with van der Waals surface area (Å²) in [5.41, 5.74) is 0. The SMILES string of the molecule is CNC1CCN(CC2CCCCCC2)C1. The van der Waals surface area contributed by atoms with E-state index >= 15 is 0 Å². The van der Waals surface area contributed by atoms with Gasteiger partial charge in [0.2, 0.25) is 0 Å². The summed E-state index contributed by atoms with van der Waals surface area (Å²) in [5, 5.41) is 3.40. The highest BCUT2D eigenvalue weighted by Gasteiger charge is 2.23. The number of hydrogen-bond donors (Lipinski definition) is 1. The minimum Gasteiger partial charge on any atom is -0.316 e. The molecule has 0 radical (unpaired) electrons. The second-order valence-corrected chi connectivity index (χ2v) is 5.39. The van der Waals surface area contributed by atoms with Crippen molar-refractivity contribution in [1.29, 1.82) is 0 Å². The van der Waals surface area contributed by atoms with E-state index < -0.39 is 0 Å². The molecule has 1 unspecified atom stereocenters. The van der Waals surface area contributed by atoms with Crippen molar-refractivity contribution in [2.45, 2.75) is 51.0 Å². The van der Waals surface area contributed by atoms with Crippen LogP contribution < -0.4 is 5.32 Å². The van der Waals surface area contributed by atoms with Crippen molar-refractivity contribution >= 4 is 0 Å². The molecule has 1 saturated heterocycles. The zero-order chi connectivity index (χ0) is 10.5. The van der Waals surface area contributed by atoms with E-state index in [1.807, 2.05) is 0 Å². The van der Waals surface area contributed by atoms with E-state index in [9.17, 15) is 0 Å². The molecule has 1 aliphatic heterocycles. The summed E-state index contributed by atoms with van der Waals surface area (Å²) in [6.45, 7) is 3.98. The van der Waals surface area contributed by atoms with Crippen LogP contribution in [-0.2, 0) is 0 Å². The van der Waals surface area contributed by atoms with Crippen LogP contribution in [0.4, 0.5) is 0 Å². The number of likely N-dealkylation sites (tertiary alicyclic amines) is 1. The van der Waals surface area contributed by atoms with Crippen molar-refractivity contribution in [3.8, 4) is 0 Å². The van der Waals surface area contributed by atoms with Crippen LogP contribution in [0.15, 0.2) is 0 Å². The van der Waals surface area contributed by atoms with Crippen molar-refractivity contribution in [3.05, 3.63) is 0 Å². The van der Waals surface area contributed by atoms with Crippen LogP contribution >= 0.6 is 0 Å². The molecule has 1 heterocycles. The van der Waals surface area contributed by atoms with E-state index in [4.69, 9.17) is 0 Å². The first-order valence-electron chi connectivity index (χ1n) is 6.78. The summed E-state index contributed by atoms with van der Waals surface area (Å²) in [5.74, 6) is 1.00. The number of nitrogens with one attached hydrogen (secondary N) is 1. The summed E-state index contributed by atoms with van der Waals surface area (Å²) in [6, 6.07) is 0.760. The normalized spacial score (nSPS) is 30.6. The number of likely N-dealkylation sites (N-methyl/N-ethyl adjacent to an activating group) is 1. The van der Waals surface area contributed by atoms with Gasteiger partial charge in [0.15, 0.2) is 0 Å². The highest BCUT2D eigenvalue weighted by atomic mass is 15.2. The van der Waals surface area contributed by atoms with Gasteiger partial charge < -0.3 is 10.2 Å². The first kappa shape index (κ1) is 11.4. The average Bonchev–Trinajstić information content (AvgIpc) is 2.54. The molecule has 15 heavy (non-hydrogen) atoms. The second-order valence-electron chi connectivity index (χ2n) is 5.39. The van der Waals surface area contributed by atoms with Crippen LogP contribution in [0.25, 0.3) is 0 Å². The quantitative estimate of drug-likeness (QED) is 0.719. The van der Waals surface area contributed by atoms with Gasteiger partial charge in [-0.15, -0.1) is 0 Å². The minimum absolute atomic E-state index is 0.760. The predicted octanol–water partition coefficient (Wildman–Crippen LogP) is 2.25. The molecule has 2 fully saturated rings. The minimum atomic E-state index is 0.760. The maximum atomic E-state index is 3.40. The fourth-order valence-electron chi connectivity index (χ4n) is 3.15. The molecule has 0 aromatic heterocycles. The molecule has 2 aliphatic rings. The lowest BCUT2D eigenvalue weighted by Gasteiger charge is -2.22. The highest BCUT2D eigenvalue weighted by molar-refractivity contribution is 4.81. The second kappa shape index (κ2) is 5.86. The lowest BCUT2D eigenvalue weighted by atomic mass is 10.00. The van der Waals surface area contributed by atoms with Gasteiger partial charge in [-0.2, -0.15) is 0 Å². The zero-order valence-electron chi connectivity index (χ0n) is 10.2. The van der Waals surface area contributed by atoms with Crippen LogP contribution in [0.5, 0.6) is 0 Å². The standard InChI is InChI=1S/C13H26N2/c1-14-13-8-9-15(11-13)10-12-6-4-2-3-5-7-12/h12-14H,2-11H2,1H3. The summed E-state index contributed by atoms with van der Waals surface area (Å²) >= 11 is 0. The molecule has 1 N–H and O–H groups in total. The predicted molar refractivity (Wildman–Crippen MR) is 65.1 cm³/mol. The van der Waals surface area contributed by atoms with E-state index in [2.05, 4.69) is 17.3 Å². The Bertz CT molecular complexity index is 173. The lowest BCUT2D eigenvalue weighted by Crippen LogP contribution is -2.32. The first-order chi connectivity index (χ1) is 7.38. The third kappa shape index (κ3) is 3.46. The van der Waals surface area contributed by atoms with Crippen molar-refractivity contribution < 1.29 is 0 Å². The van der Waals surface area contributed by atoms with E-state index in [0.29, 0.717) is 0 Å². The number of nitrogens with zero attached hydrogens (tertiary/aromatic N) is 1. The summed E-state index contributed by atoms with van der Waals surface area (Å²) in [4.78, 5) is 2.68. The van der Waals surface area contributed by atoms with Gasteiger partial charge in [-0.3, -0.25) is 0 Å². The van der Waals surface area contributed by atoms with E-state index in [1.165, 1.54) is 64.6 Å². The van der Waals surface area contributed by atoms with Crippen LogP contribution in [0.1, 0.15) is 44.9 Å². The highest BCUT2D eigenvalue weighted by Crippen LogP contribution is 2.24. The van der Waals surface area contributed by atoms with Crippen molar-refractivity contribution in [1.82, 2.24) is 10.2 Å². The molecule has 1 saturated carbocycles. The monoisotopic (exact) mass is 210 g/mol. The van der Waals surface area contributed by atoms with Gasteiger partial charge in [0.1, 0.15) is 0 Å². The largest absolute Gasteiger partial charge is 0.316 e. The van der Waals surface area contributed by atoms with E-state index in [1.54, 1.807) is 0 Å². The smallest absolute Gasteiger partial charge is 0.0204 e. The molecule has 1 atom stereocenters. The van der Waals surface area contributed by atoms with Gasteiger partial charge in [-0.05, 0) is 38.8 Å². The van der Waals surface area contributed by atoms with Gasteiger partial charge in [0.05, 0.1) is 0 Å². The Hall–Kier alpha value is -0.0800. The van der Waals surface area contributed by atoms with Crippen LogP contribution in [0.2, 0.25) is 0 Å². The summed E-state index contributed by atoms with van der Waals surface area (Å²) in [7, 11) is 2.10. The van der Waals surface area contributed by atoms with Crippen molar-refractivity contribution in [3.63, 3.8) is 0 Å². The molecular weight excluding hydrogens is 184 g/mol. The average molecular weight is 210 g/mol. The third-order valence-electron chi connectivity index (χ3n) is 4.17. The van der Waals surface area contributed by atoms with Gasteiger partial charge in [-0.25, -0.2) is 0 Å². The number of hydrogen-bond acceptors (Lipinski definition) is 2. The van der Waals surface area contributed by atoms with Crippen LogP contribution in [0.3, 0.4) is 0 Å². The molecule has 0 spiro atoms. The molecule has 2 nitrogen and oxygen atoms in total. The molecule has 0 aromatic rings. The first-order valence-corrected chi connectivity index (χ1v) is 6.78. The maximum absolute atomic E-state index is 3.40. The van der Waals surface area contributed by atoms with Crippen LogP contribution in [-0.4, -0.2) is 37.6 Å². The Morgan fingerprint density at radius 3 is 2.40 bits per heavy atom. The third-order valence-corrected chi connectivity index (χ3v) is 4.17. The van der Waals surface area contributed by atoms with Crippen molar-refractivity contribution in [2.75, 3.05) is 26.7 Å². The summed E-state index contributed by atoms with van der Waals surface area (Å²) < 4.78 is 0. The molecule has 2 heteroatoms. The molecule has 88 valence electrons. The van der Waals surface area contributed by atoms with Gasteiger partial charge in [-0.1, -0.05) is 25.7 Å². The fraction of sp³-hybridized carbons (Fsp3) is 1.00. The Labute approximate surface area is 94.4 Å². The Morgan fingerprint density at radius 2 is 1.80 bits per heavy atom. The van der Waals surface area contributed by atoms with Crippen LogP contribution in [0, 0.1) is 5.92 Å².